The standard InChI is InChI=1S/C30H33ClN4O4/c31-24-11-12-27-26(18-24)30(38)33-15-4-5-16-35(29(37)13-10-23-9-6-14-32-19-23)20-28(36)34-25(21-39-27)17-22-7-2-1-3-8-22/h1-3,6-9,11-12,14,18-19,25H,4-5,10,13,15-17,20-21H2,(H,33,38)(H,34,36)/t25-/m1/s1. The minimum Gasteiger partial charge on any atom is -0.491 e. The van der Waals surface area contributed by atoms with Crippen LogP contribution in [0.4, 0.5) is 0 Å². The molecule has 0 saturated heterocycles. The van der Waals surface area contributed by atoms with Crippen molar-refractivity contribution >= 4 is 29.3 Å². The second-order valence-corrected chi connectivity index (χ2v) is 9.98. The quantitative estimate of drug-likeness (QED) is 0.505. The summed E-state index contributed by atoms with van der Waals surface area (Å²) >= 11 is 6.17. The molecule has 204 valence electrons. The lowest BCUT2D eigenvalue weighted by atomic mass is 10.1. The summed E-state index contributed by atoms with van der Waals surface area (Å²) in [5.41, 5.74) is 2.34. The molecule has 0 aliphatic carbocycles. The van der Waals surface area contributed by atoms with Gasteiger partial charge in [0, 0.05) is 36.9 Å². The molecule has 0 radical (unpaired) electrons. The highest BCUT2D eigenvalue weighted by Crippen LogP contribution is 2.23. The number of halogens is 1. The van der Waals surface area contributed by atoms with Gasteiger partial charge in [-0.2, -0.15) is 0 Å². The van der Waals surface area contributed by atoms with E-state index in [9.17, 15) is 14.4 Å². The number of nitrogens with one attached hydrogen (secondary N) is 2. The Labute approximate surface area is 233 Å². The van der Waals surface area contributed by atoms with E-state index in [0.29, 0.717) is 55.1 Å². The van der Waals surface area contributed by atoms with Crippen LogP contribution in [0.15, 0.2) is 73.1 Å². The fraction of sp³-hybridized carbons (Fsp3) is 0.333. The molecule has 1 aromatic heterocycles. The van der Waals surface area contributed by atoms with E-state index in [-0.39, 0.29) is 43.3 Å². The number of aromatic nitrogens is 1. The first-order chi connectivity index (χ1) is 19.0. The molecule has 0 spiro atoms. The van der Waals surface area contributed by atoms with Gasteiger partial charge in [0.25, 0.3) is 5.91 Å². The van der Waals surface area contributed by atoms with Gasteiger partial charge in [0.2, 0.25) is 11.8 Å². The average Bonchev–Trinajstić information content (AvgIpc) is 2.95. The molecule has 9 heteroatoms. The summed E-state index contributed by atoms with van der Waals surface area (Å²) < 4.78 is 6.06. The third-order valence-electron chi connectivity index (χ3n) is 6.49. The van der Waals surface area contributed by atoms with Crippen LogP contribution in [-0.4, -0.2) is 59.9 Å². The number of ether oxygens (including phenoxy) is 1. The largest absolute Gasteiger partial charge is 0.491 e. The number of aryl methyl sites for hydroxylation is 1. The van der Waals surface area contributed by atoms with Crippen LogP contribution in [0.25, 0.3) is 0 Å². The zero-order chi connectivity index (χ0) is 27.5. The first kappa shape index (κ1) is 28.1. The van der Waals surface area contributed by atoms with Crippen molar-refractivity contribution in [1.82, 2.24) is 20.5 Å². The molecule has 3 aromatic rings. The highest BCUT2D eigenvalue weighted by Gasteiger charge is 2.22. The zero-order valence-electron chi connectivity index (χ0n) is 21.8. The van der Waals surface area contributed by atoms with E-state index in [0.717, 1.165) is 11.1 Å². The Morgan fingerprint density at radius 2 is 1.87 bits per heavy atom. The van der Waals surface area contributed by atoms with Gasteiger partial charge in [0.15, 0.2) is 0 Å². The molecule has 1 atom stereocenters. The molecule has 2 N–H and O–H groups in total. The van der Waals surface area contributed by atoms with Crippen molar-refractivity contribution in [3.63, 3.8) is 0 Å². The minimum atomic E-state index is -0.385. The maximum Gasteiger partial charge on any atom is 0.255 e. The van der Waals surface area contributed by atoms with Gasteiger partial charge in [0.05, 0.1) is 18.2 Å². The Hall–Kier alpha value is -3.91. The van der Waals surface area contributed by atoms with Gasteiger partial charge in [-0.15, -0.1) is 0 Å². The SMILES string of the molecule is O=C1CN(C(=O)CCc2cccnc2)CCCCNC(=O)c2cc(Cl)ccc2OC[C@@H](Cc2ccccc2)N1. The fourth-order valence-corrected chi connectivity index (χ4v) is 4.64. The van der Waals surface area contributed by atoms with Crippen molar-refractivity contribution in [3.8, 4) is 5.75 Å². The van der Waals surface area contributed by atoms with Crippen molar-refractivity contribution in [1.29, 1.82) is 0 Å². The van der Waals surface area contributed by atoms with Gasteiger partial charge < -0.3 is 20.3 Å². The number of rotatable bonds is 5. The molecule has 0 saturated carbocycles. The smallest absolute Gasteiger partial charge is 0.255 e. The molecule has 2 heterocycles. The maximum atomic E-state index is 13.2. The van der Waals surface area contributed by atoms with Gasteiger partial charge in [-0.05, 0) is 61.1 Å². The highest BCUT2D eigenvalue weighted by molar-refractivity contribution is 6.31. The van der Waals surface area contributed by atoms with Crippen LogP contribution in [-0.2, 0) is 22.4 Å². The molecule has 39 heavy (non-hydrogen) atoms. The molecule has 0 unspecified atom stereocenters. The molecule has 0 fully saturated rings. The Morgan fingerprint density at radius 1 is 1.05 bits per heavy atom. The number of carbonyl (C=O) groups excluding carboxylic acids is 3. The Balaban J connectivity index is 1.51. The number of amides is 3. The number of hydrogen-bond donors (Lipinski definition) is 2. The summed E-state index contributed by atoms with van der Waals surface area (Å²) in [6.45, 7) is 0.927. The highest BCUT2D eigenvalue weighted by atomic mass is 35.5. The summed E-state index contributed by atoms with van der Waals surface area (Å²) in [5.74, 6) is -0.239. The van der Waals surface area contributed by atoms with Crippen molar-refractivity contribution < 1.29 is 19.1 Å². The Bertz CT molecular complexity index is 1260. The second kappa shape index (κ2) is 14.3. The number of hydrogen-bond acceptors (Lipinski definition) is 5. The van der Waals surface area contributed by atoms with Gasteiger partial charge in [-0.1, -0.05) is 48.0 Å². The van der Waals surface area contributed by atoms with Gasteiger partial charge in [-0.3, -0.25) is 19.4 Å². The average molecular weight is 549 g/mol. The van der Waals surface area contributed by atoms with E-state index in [4.69, 9.17) is 16.3 Å². The monoisotopic (exact) mass is 548 g/mol. The fourth-order valence-electron chi connectivity index (χ4n) is 4.46. The maximum absolute atomic E-state index is 13.2. The summed E-state index contributed by atoms with van der Waals surface area (Å²) in [5, 5.41) is 6.40. The molecular weight excluding hydrogens is 516 g/mol. The number of pyridine rings is 1. The first-order valence-corrected chi connectivity index (χ1v) is 13.6. The lowest BCUT2D eigenvalue weighted by Crippen LogP contribution is -2.47. The van der Waals surface area contributed by atoms with E-state index >= 15 is 0 Å². The van der Waals surface area contributed by atoms with E-state index in [1.54, 1.807) is 35.5 Å². The van der Waals surface area contributed by atoms with Crippen LogP contribution in [0.2, 0.25) is 5.02 Å². The number of benzene rings is 2. The van der Waals surface area contributed by atoms with E-state index in [1.165, 1.54) is 0 Å². The minimum absolute atomic E-state index is 0.0459. The third kappa shape index (κ3) is 8.82. The predicted molar refractivity (Wildman–Crippen MR) is 150 cm³/mol. The van der Waals surface area contributed by atoms with Crippen LogP contribution < -0.4 is 15.4 Å². The zero-order valence-corrected chi connectivity index (χ0v) is 22.5. The Kier molecular flexibility index (Phi) is 10.3. The summed E-state index contributed by atoms with van der Waals surface area (Å²) in [7, 11) is 0. The van der Waals surface area contributed by atoms with Crippen LogP contribution in [0, 0.1) is 0 Å². The number of fused-ring (bicyclic) bond motifs is 1. The summed E-state index contributed by atoms with van der Waals surface area (Å²) in [6.07, 6.45) is 6.07. The molecule has 2 aromatic carbocycles. The normalized spacial score (nSPS) is 17.1. The third-order valence-corrected chi connectivity index (χ3v) is 6.73. The topological polar surface area (TPSA) is 101 Å². The van der Waals surface area contributed by atoms with Crippen molar-refractivity contribution in [2.45, 2.75) is 38.1 Å². The molecule has 3 amide bonds. The van der Waals surface area contributed by atoms with Crippen molar-refractivity contribution in [2.24, 2.45) is 0 Å². The number of carbonyl (C=O) groups is 3. The Morgan fingerprint density at radius 3 is 2.67 bits per heavy atom. The molecule has 4 rings (SSSR count). The lowest BCUT2D eigenvalue weighted by Gasteiger charge is -2.25. The molecular formula is C30H33ClN4O4. The lowest BCUT2D eigenvalue weighted by molar-refractivity contribution is -0.136. The second-order valence-electron chi connectivity index (χ2n) is 9.55. The van der Waals surface area contributed by atoms with Crippen LogP contribution in [0.5, 0.6) is 5.75 Å². The summed E-state index contributed by atoms with van der Waals surface area (Å²) in [6, 6.07) is 18.1. The van der Waals surface area contributed by atoms with Gasteiger partial charge >= 0.3 is 0 Å². The first-order valence-electron chi connectivity index (χ1n) is 13.2. The van der Waals surface area contributed by atoms with Crippen LogP contribution >= 0.6 is 11.6 Å². The van der Waals surface area contributed by atoms with Crippen molar-refractivity contribution in [3.05, 3.63) is 94.8 Å². The van der Waals surface area contributed by atoms with Crippen molar-refractivity contribution in [2.75, 3.05) is 26.2 Å². The predicted octanol–water partition coefficient (Wildman–Crippen LogP) is 3.83. The van der Waals surface area contributed by atoms with E-state index in [1.807, 2.05) is 42.5 Å². The molecule has 1 aliphatic rings. The van der Waals surface area contributed by atoms with E-state index in [2.05, 4.69) is 15.6 Å². The van der Waals surface area contributed by atoms with Gasteiger partial charge in [0.1, 0.15) is 12.4 Å². The summed E-state index contributed by atoms with van der Waals surface area (Å²) in [4.78, 5) is 45.0. The molecule has 1 aliphatic heterocycles. The molecule has 8 nitrogen and oxygen atoms in total. The molecule has 0 bridgehead atoms. The van der Waals surface area contributed by atoms with Gasteiger partial charge in [-0.25, -0.2) is 0 Å². The van der Waals surface area contributed by atoms with Crippen LogP contribution in [0.1, 0.15) is 40.7 Å². The van der Waals surface area contributed by atoms with E-state index < -0.39 is 0 Å². The number of nitrogens with zero attached hydrogens (tertiary/aromatic N) is 2. The van der Waals surface area contributed by atoms with Crippen LogP contribution in [0.3, 0.4) is 0 Å².